The van der Waals surface area contributed by atoms with Crippen molar-refractivity contribution in [2.24, 2.45) is 0 Å². The fourth-order valence-electron chi connectivity index (χ4n) is 2.46. The van der Waals surface area contributed by atoms with Gasteiger partial charge in [0.25, 0.3) is 0 Å². The van der Waals surface area contributed by atoms with Crippen molar-refractivity contribution in [2.75, 3.05) is 0 Å². The molecule has 3 rings (SSSR count). The summed E-state index contributed by atoms with van der Waals surface area (Å²) in [7, 11) is 0. The lowest BCUT2D eigenvalue weighted by molar-refractivity contribution is -0.121. The molecule has 0 fully saturated rings. The van der Waals surface area contributed by atoms with Crippen molar-refractivity contribution in [3.05, 3.63) is 64.9 Å². The van der Waals surface area contributed by atoms with Crippen LogP contribution in [0, 0.1) is 6.92 Å². The highest BCUT2D eigenvalue weighted by atomic mass is 32.1. The molecular weight excluding hydrogens is 320 g/mol. The first kappa shape index (κ1) is 16.5. The van der Waals surface area contributed by atoms with Crippen molar-refractivity contribution < 1.29 is 9.21 Å². The molecule has 0 bridgehead atoms. The number of nitrogens with one attached hydrogen (secondary N) is 1. The predicted octanol–water partition coefficient (Wildman–Crippen LogP) is 4.35. The van der Waals surface area contributed by atoms with Crippen LogP contribution in [0.5, 0.6) is 0 Å². The molecule has 2 aromatic heterocycles. The number of rotatable bonds is 7. The Morgan fingerprint density at radius 1 is 1.21 bits per heavy atom. The van der Waals surface area contributed by atoms with E-state index >= 15 is 0 Å². The first-order valence-electron chi connectivity index (χ1n) is 8.03. The average Bonchev–Trinajstić information content (AvgIpc) is 3.23. The van der Waals surface area contributed by atoms with E-state index in [2.05, 4.69) is 22.4 Å². The molecule has 3 aromatic rings. The van der Waals surface area contributed by atoms with Crippen molar-refractivity contribution in [3.8, 4) is 10.8 Å². The molecule has 1 amide bonds. The minimum Gasteiger partial charge on any atom is -0.462 e. The summed E-state index contributed by atoms with van der Waals surface area (Å²) in [5.74, 6) is 0.849. The van der Waals surface area contributed by atoms with Crippen molar-refractivity contribution in [3.63, 3.8) is 0 Å². The molecule has 0 radical (unpaired) electrons. The normalized spacial score (nSPS) is 10.7. The van der Waals surface area contributed by atoms with Crippen LogP contribution < -0.4 is 5.32 Å². The highest BCUT2D eigenvalue weighted by Crippen LogP contribution is 2.28. The molecule has 0 saturated carbocycles. The Bertz CT molecular complexity index is 779. The molecule has 0 aliphatic rings. The highest BCUT2D eigenvalue weighted by molar-refractivity contribution is 7.15. The van der Waals surface area contributed by atoms with E-state index in [0.29, 0.717) is 13.0 Å². The highest BCUT2D eigenvalue weighted by Gasteiger charge is 2.12. The number of carbonyl (C=O) groups is 1. The van der Waals surface area contributed by atoms with E-state index in [1.165, 1.54) is 5.56 Å². The molecule has 0 spiro atoms. The zero-order valence-electron chi connectivity index (χ0n) is 13.6. The van der Waals surface area contributed by atoms with Gasteiger partial charge < -0.3 is 9.73 Å². The maximum Gasteiger partial charge on any atom is 0.220 e. The monoisotopic (exact) mass is 340 g/mol. The Balaban J connectivity index is 1.46. The van der Waals surface area contributed by atoms with Crippen molar-refractivity contribution >= 4 is 17.2 Å². The van der Waals surface area contributed by atoms with Gasteiger partial charge in [-0.2, -0.15) is 0 Å². The van der Waals surface area contributed by atoms with Crippen molar-refractivity contribution in [2.45, 2.75) is 32.7 Å². The van der Waals surface area contributed by atoms with Gasteiger partial charge in [-0.05, 0) is 37.5 Å². The quantitative estimate of drug-likeness (QED) is 0.695. The number of thiazole rings is 1. The number of hydrogen-bond acceptors (Lipinski definition) is 4. The minimum absolute atomic E-state index is 0.0817. The zero-order chi connectivity index (χ0) is 16.8. The molecule has 0 saturated heterocycles. The second-order valence-electron chi connectivity index (χ2n) is 5.62. The molecule has 0 aliphatic heterocycles. The van der Waals surface area contributed by atoms with Gasteiger partial charge in [-0.15, -0.1) is 11.3 Å². The van der Waals surface area contributed by atoms with E-state index in [0.717, 1.165) is 34.2 Å². The third kappa shape index (κ3) is 4.32. The van der Waals surface area contributed by atoms with Crippen LogP contribution in [0.1, 0.15) is 29.0 Å². The lowest BCUT2D eigenvalue weighted by Crippen LogP contribution is -2.22. The summed E-state index contributed by atoms with van der Waals surface area (Å²) in [6.07, 6.45) is 3.96. The number of aryl methyl sites for hydroxylation is 2. The van der Waals surface area contributed by atoms with Crippen LogP contribution in [-0.2, 0) is 17.8 Å². The molecule has 0 atom stereocenters. The van der Waals surface area contributed by atoms with E-state index < -0.39 is 0 Å². The van der Waals surface area contributed by atoms with Crippen LogP contribution in [0.3, 0.4) is 0 Å². The van der Waals surface area contributed by atoms with Gasteiger partial charge >= 0.3 is 0 Å². The lowest BCUT2D eigenvalue weighted by Gasteiger charge is -2.04. The van der Waals surface area contributed by atoms with Crippen molar-refractivity contribution in [1.29, 1.82) is 0 Å². The largest absolute Gasteiger partial charge is 0.462 e. The molecule has 2 heterocycles. The van der Waals surface area contributed by atoms with E-state index in [1.807, 2.05) is 37.3 Å². The first-order valence-corrected chi connectivity index (χ1v) is 8.85. The van der Waals surface area contributed by atoms with Crippen LogP contribution in [0.15, 0.2) is 53.1 Å². The Hall–Kier alpha value is -2.40. The van der Waals surface area contributed by atoms with Crippen LogP contribution in [0.2, 0.25) is 0 Å². The van der Waals surface area contributed by atoms with Gasteiger partial charge in [-0.25, -0.2) is 4.98 Å². The molecule has 24 heavy (non-hydrogen) atoms. The van der Waals surface area contributed by atoms with Crippen molar-refractivity contribution in [1.82, 2.24) is 10.3 Å². The molecule has 0 unspecified atom stereocenters. The van der Waals surface area contributed by atoms with Crippen LogP contribution >= 0.6 is 11.3 Å². The van der Waals surface area contributed by atoms with Gasteiger partial charge in [0.1, 0.15) is 0 Å². The number of nitrogens with zero attached hydrogens (tertiary/aromatic N) is 1. The number of hydrogen-bond donors (Lipinski definition) is 1. The summed E-state index contributed by atoms with van der Waals surface area (Å²) in [5, 5.41) is 3.84. The van der Waals surface area contributed by atoms with E-state index in [4.69, 9.17) is 4.42 Å². The molecule has 1 aromatic carbocycles. The first-order chi connectivity index (χ1) is 11.7. The van der Waals surface area contributed by atoms with Gasteiger partial charge in [0, 0.05) is 11.3 Å². The Morgan fingerprint density at radius 2 is 2.04 bits per heavy atom. The number of furan rings is 1. The maximum atomic E-state index is 12.0. The summed E-state index contributed by atoms with van der Waals surface area (Å²) in [5.41, 5.74) is 2.21. The molecule has 4 nitrogen and oxygen atoms in total. The van der Waals surface area contributed by atoms with E-state index in [-0.39, 0.29) is 5.91 Å². The molecule has 0 aliphatic carbocycles. The van der Waals surface area contributed by atoms with Gasteiger partial charge in [-0.3, -0.25) is 4.79 Å². The van der Waals surface area contributed by atoms with Crippen LogP contribution in [0.25, 0.3) is 10.8 Å². The zero-order valence-corrected chi connectivity index (χ0v) is 14.4. The molecule has 1 N–H and O–H groups in total. The Labute approximate surface area is 145 Å². The summed E-state index contributed by atoms with van der Waals surface area (Å²) in [6, 6.07) is 14.0. The predicted molar refractivity (Wildman–Crippen MR) is 95.8 cm³/mol. The van der Waals surface area contributed by atoms with Crippen LogP contribution in [0.4, 0.5) is 0 Å². The van der Waals surface area contributed by atoms with E-state index in [1.54, 1.807) is 17.6 Å². The summed E-state index contributed by atoms with van der Waals surface area (Å²) in [4.78, 5) is 17.6. The number of amides is 1. The van der Waals surface area contributed by atoms with E-state index in [9.17, 15) is 4.79 Å². The summed E-state index contributed by atoms with van der Waals surface area (Å²) >= 11 is 1.56. The number of carbonyl (C=O) groups excluding carboxylic acids is 1. The Kier molecular flexibility index (Phi) is 5.43. The minimum atomic E-state index is 0.0817. The number of benzene rings is 1. The Morgan fingerprint density at radius 3 is 2.79 bits per heavy atom. The maximum absolute atomic E-state index is 12.0. The van der Waals surface area contributed by atoms with Gasteiger partial charge in [0.15, 0.2) is 10.8 Å². The van der Waals surface area contributed by atoms with Gasteiger partial charge in [-0.1, -0.05) is 30.3 Å². The van der Waals surface area contributed by atoms with Gasteiger partial charge in [0.2, 0.25) is 5.91 Å². The molecular formula is C19H20N2O2S. The fraction of sp³-hybridized carbons (Fsp3) is 0.263. The topological polar surface area (TPSA) is 55.1 Å². The SMILES string of the molecule is Cc1nc(-c2ccco2)sc1CNC(=O)CCCc1ccccc1. The van der Waals surface area contributed by atoms with Crippen LogP contribution in [-0.4, -0.2) is 10.9 Å². The van der Waals surface area contributed by atoms with Gasteiger partial charge in [0.05, 0.1) is 18.5 Å². The smallest absolute Gasteiger partial charge is 0.220 e. The third-order valence-corrected chi connectivity index (χ3v) is 4.95. The second kappa shape index (κ2) is 7.93. The number of aromatic nitrogens is 1. The third-order valence-electron chi connectivity index (χ3n) is 3.78. The lowest BCUT2D eigenvalue weighted by atomic mass is 10.1. The standard InChI is InChI=1S/C19H20N2O2S/c1-14-17(24-19(21-14)16-10-6-12-23-16)13-20-18(22)11-5-9-15-7-3-2-4-8-15/h2-4,6-8,10,12H,5,9,11,13H2,1H3,(H,20,22). The molecule has 5 heteroatoms. The molecule has 124 valence electrons. The second-order valence-corrected chi connectivity index (χ2v) is 6.70. The summed E-state index contributed by atoms with van der Waals surface area (Å²) in [6.45, 7) is 2.48. The summed E-state index contributed by atoms with van der Waals surface area (Å²) < 4.78 is 5.37. The average molecular weight is 340 g/mol. The fourth-order valence-corrected chi connectivity index (χ4v) is 3.43.